The fourth-order valence-corrected chi connectivity index (χ4v) is 2.98. The molecule has 0 aliphatic carbocycles. The van der Waals surface area contributed by atoms with E-state index in [4.69, 9.17) is 5.73 Å². The van der Waals surface area contributed by atoms with E-state index < -0.39 is 0 Å². The average molecular weight is 324 g/mol. The zero-order valence-electron chi connectivity index (χ0n) is 13.8. The number of nitrogens with zero attached hydrogens (tertiary/aromatic N) is 3. The third kappa shape index (κ3) is 2.85. The van der Waals surface area contributed by atoms with Crippen LogP contribution in [0.1, 0.15) is 35.1 Å². The van der Waals surface area contributed by atoms with E-state index in [0.717, 1.165) is 24.2 Å². The van der Waals surface area contributed by atoms with Gasteiger partial charge in [0, 0.05) is 23.8 Å². The highest BCUT2D eigenvalue weighted by atomic mass is 16.2. The first-order chi connectivity index (χ1) is 11.7. The Morgan fingerprint density at radius 3 is 2.79 bits per heavy atom. The number of nitrogens with two attached hydrogens (primary N) is 1. The molecule has 2 aromatic rings. The first-order valence-corrected chi connectivity index (χ1v) is 7.92. The van der Waals surface area contributed by atoms with Gasteiger partial charge in [0.25, 0.3) is 5.91 Å². The second-order valence-electron chi connectivity index (χ2n) is 5.56. The van der Waals surface area contributed by atoms with Gasteiger partial charge in [-0.2, -0.15) is 5.10 Å². The van der Waals surface area contributed by atoms with Crippen molar-refractivity contribution in [3.63, 3.8) is 0 Å². The van der Waals surface area contributed by atoms with Crippen molar-refractivity contribution in [2.24, 2.45) is 10.8 Å². The number of carbonyl (C=O) groups is 1. The topological polar surface area (TPSA) is 109 Å². The van der Waals surface area contributed by atoms with Crippen LogP contribution >= 0.6 is 0 Å². The molecule has 1 aliphatic heterocycles. The quantitative estimate of drug-likeness (QED) is 0.715. The van der Waals surface area contributed by atoms with E-state index >= 15 is 0 Å². The minimum atomic E-state index is -0.245. The van der Waals surface area contributed by atoms with Crippen LogP contribution in [0.25, 0.3) is 6.08 Å². The van der Waals surface area contributed by atoms with Crippen LogP contribution < -0.4 is 11.2 Å². The lowest BCUT2D eigenvalue weighted by atomic mass is 10.0. The number of hydrazone groups is 1. The number of hydrogen-bond acceptors (Lipinski definition) is 5. The highest BCUT2D eigenvalue weighted by molar-refractivity contribution is 6.32. The summed E-state index contributed by atoms with van der Waals surface area (Å²) in [7, 11) is 0. The fraction of sp³-hybridized carbons (Fsp3) is 0.294. The third-order valence-corrected chi connectivity index (χ3v) is 4.08. The fourth-order valence-electron chi connectivity index (χ4n) is 2.98. The Bertz CT molecular complexity index is 819. The predicted octanol–water partition coefficient (Wildman–Crippen LogP) is 1.09. The number of aryl methyl sites for hydroxylation is 1. The lowest BCUT2D eigenvalue weighted by Gasteiger charge is -2.03. The Morgan fingerprint density at radius 2 is 2.12 bits per heavy atom. The van der Waals surface area contributed by atoms with Gasteiger partial charge in [-0.15, -0.1) is 0 Å². The Labute approximate surface area is 140 Å². The van der Waals surface area contributed by atoms with Crippen molar-refractivity contribution in [2.75, 3.05) is 6.54 Å². The summed E-state index contributed by atoms with van der Waals surface area (Å²) in [6.45, 7) is 4.71. The monoisotopic (exact) mass is 324 g/mol. The molecular weight excluding hydrogens is 304 g/mol. The van der Waals surface area contributed by atoms with E-state index in [1.54, 1.807) is 18.6 Å². The Balaban J connectivity index is 2.05. The summed E-state index contributed by atoms with van der Waals surface area (Å²) < 4.78 is 0. The number of aromatic amines is 1. The van der Waals surface area contributed by atoms with E-state index in [0.29, 0.717) is 23.5 Å². The predicted molar refractivity (Wildman–Crippen MR) is 92.4 cm³/mol. The number of rotatable bonds is 5. The lowest BCUT2D eigenvalue weighted by molar-refractivity contribution is -0.116. The Kier molecular flexibility index (Phi) is 4.52. The van der Waals surface area contributed by atoms with Gasteiger partial charge in [-0.1, -0.05) is 6.92 Å². The van der Waals surface area contributed by atoms with Gasteiger partial charge in [0.05, 0.1) is 11.8 Å². The standard InChI is InChI=1S/C17H20N6O/c1-3-11-12(4-5-18)10(2)21-14(11)8-13-16(22-23-17(13)24)15-9-19-6-7-20-15/h6-9,21H,3-5,18H2,1-2H3,(H,23,24)/b13-8+. The molecule has 0 saturated heterocycles. The molecule has 0 aromatic carbocycles. The number of aromatic nitrogens is 3. The van der Waals surface area contributed by atoms with Gasteiger partial charge in [-0.05, 0) is 43.5 Å². The SMILES string of the molecule is CCc1c(/C=C2/C(=O)NN=C2c2cnccn2)[nH]c(C)c1CCN. The number of H-pyrrole nitrogens is 1. The molecule has 0 atom stereocenters. The molecule has 3 rings (SSSR count). The van der Waals surface area contributed by atoms with Crippen LogP contribution in [0.4, 0.5) is 0 Å². The lowest BCUT2D eigenvalue weighted by Crippen LogP contribution is -2.14. The third-order valence-electron chi connectivity index (χ3n) is 4.08. The first-order valence-electron chi connectivity index (χ1n) is 7.92. The molecule has 4 N–H and O–H groups in total. The number of hydrogen-bond donors (Lipinski definition) is 3. The van der Waals surface area contributed by atoms with Crippen molar-refractivity contribution in [3.05, 3.63) is 52.4 Å². The molecule has 0 fully saturated rings. The van der Waals surface area contributed by atoms with E-state index in [2.05, 4.69) is 32.4 Å². The van der Waals surface area contributed by atoms with Crippen LogP contribution in [0.5, 0.6) is 0 Å². The van der Waals surface area contributed by atoms with Crippen molar-refractivity contribution >= 4 is 17.7 Å². The second kappa shape index (κ2) is 6.76. The smallest absolute Gasteiger partial charge is 0.273 e. The minimum absolute atomic E-state index is 0.245. The summed E-state index contributed by atoms with van der Waals surface area (Å²) in [5.74, 6) is -0.245. The van der Waals surface area contributed by atoms with Crippen molar-refractivity contribution in [1.29, 1.82) is 0 Å². The zero-order valence-corrected chi connectivity index (χ0v) is 13.8. The molecule has 2 aromatic heterocycles. The Hall–Kier alpha value is -2.80. The van der Waals surface area contributed by atoms with Crippen LogP contribution in [-0.2, 0) is 17.6 Å². The summed E-state index contributed by atoms with van der Waals surface area (Å²) in [6, 6.07) is 0. The molecule has 24 heavy (non-hydrogen) atoms. The highest BCUT2D eigenvalue weighted by Gasteiger charge is 2.26. The maximum atomic E-state index is 12.2. The van der Waals surface area contributed by atoms with Crippen LogP contribution in [0.2, 0.25) is 0 Å². The summed E-state index contributed by atoms with van der Waals surface area (Å²) in [5.41, 5.74) is 14.2. The van der Waals surface area contributed by atoms with Gasteiger partial charge in [-0.25, -0.2) is 5.43 Å². The molecule has 0 unspecified atom stereocenters. The molecule has 0 saturated carbocycles. The van der Waals surface area contributed by atoms with E-state index in [1.807, 2.05) is 13.0 Å². The summed E-state index contributed by atoms with van der Waals surface area (Å²) in [6.07, 6.45) is 8.26. The van der Waals surface area contributed by atoms with Crippen molar-refractivity contribution in [1.82, 2.24) is 20.4 Å². The number of carbonyl (C=O) groups excluding carboxylic acids is 1. The molecule has 7 heteroatoms. The van der Waals surface area contributed by atoms with Gasteiger partial charge in [0.2, 0.25) is 0 Å². The van der Waals surface area contributed by atoms with Gasteiger partial charge in [0.1, 0.15) is 11.4 Å². The maximum Gasteiger partial charge on any atom is 0.273 e. The van der Waals surface area contributed by atoms with Crippen LogP contribution in [0, 0.1) is 6.92 Å². The number of nitrogens with one attached hydrogen (secondary N) is 2. The van der Waals surface area contributed by atoms with Gasteiger partial charge >= 0.3 is 0 Å². The van der Waals surface area contributed by atoms with Crippen LogP contribution in [-0.4, -0.2) is 33.1 Å². The molecule has 0 bridgehead atoms. The van der Waals surface area contributed by atoms with Crippen molar-refractivity contribution in [2.45, 2.75) is 26.7 Å². The largest absolute Gasteiger partial charge is 0.359 e. The minimum Gasteiger partial charge on any atom is -0.359 e. The summed E-state index contributed by atoms with van der Waals surface area (Å²) >= 11 is 0. The van der Waals surface area contributed by atoms with Gasteiger partial charge in [-0.3, -0.25) is 14.8 Å². The van der Waals surface area contributed by atoms with Crippen molar-refractivity contribution in [3.8, 4) is 0 Å². The molecule has 7 nitrogen and oxygen atoms in total. The van der Waals surface area contributed by atoms with E-state index in [-0.39, 0.29) is 5.91 Å². The van der Waals surface area contributed by atoms with Gasteiger partial charge < -0.3 is 10.7 Å². The number of amides is 1. The molecule has 0 spiro atoms. The molecule has 0 radical (unpaired) electrons. The normalized spacial score (nSPS) is 15.7. The highest BCUT2D eigenvalue weighted by Crippen LogP contribution is 2.24. The second-order valence-corrected chi connectivity index (χ2v) is 5.56. The first kappa shape index (κ1) is 16.1. The Morgan fingerprint density at radius 1 is 1.29 bits per heavy atom. The maximum absolute atomic E-state index is 12.2. The van der Waals surface area contributed by atoms with Crippen molar-refractivity contribution < 1.29 is 4.79 Å². The van der Waals surface area contributed by atoms with Crippen LogP contribution in [0.15, 0.2) is 29.3 Å². The molecular formula is C17H20N6O. The zero-order chi connectivity index (χ0) is 17.1. The molecule has 1 aliphatic rings. The van der Waals surface area contributed by atoms with Gasteiger partial charge in [0.15, 0.2) is 0 Å². The summed E-state index contributed by atoms with van der Waals surface area (Å²) in [5, 5.41) is 4.10. The van der Waals surface area contributed by atoms with Crippen LogP contribution in [0.3, 0.4) is 0 Å². The average Bonchev–Trinajstić information content (AvgIpc) is 3.10. The van der Waals surface area contributed by atoms with E-state index in [9.17, 15) is 4.79 Å². The van der Waals surface area contributed by atoms with E-state index in [1.165, 1.54) is 11.1 Å². The summed E-state index contributed by atoms with van der Waals surface area (Å²) in [4.78, 5) is 23.8. The molecule has 124 valence electrons. The molecule has 1 amide bonds. The molecule has 3 heterocycles.